The number of quaternary nitrogens is 1. The van der Waals surface area contributed by atoms with E-state index in [1.165, 1.54) is 12.0 Å². The Morgan fingerprint density at radius 1 is 1.29 bits per heavy atom. The largest absolute Gasteiger partial charge is 0.338 e. The third-order valence-electron chi connectivity index (χ3n) is 3.29. The molecule has 0 bridgehead atoms. The molecule has 1 aromatic carbocycles. The first kappa shape index (κ1) is 9.72. The fraction of sp³-hybridized carbons (Fsp3) is 0.538. The summed E-state index contributed by atoms with van der Waals surface area (Å²) in [6, 6.07) is 8.87. The SMILES string of the molecule is C[C@@H]1CC(C)(C)[NH2+]Cc2ccccc21. The summed E-state index contributed by atoms with van der Waals surface area (Å²) in [6.07, 6.45) is 1.27. The quantitative estimate of drug-likeness (QED) is 0.644. The molecule has 0 aromatic heterocycles. The molecule has 0 radical (unpaired) electrons. The van der Waals surface area contributed by atoms with Gasteiger partial charge in [-0.2, -0.15) is 0 Å². The molecule has 0 unspecified atom stereocenters. The van der Waals surface area contributed by atoms with E-state index in [1.54, 1.807) is 5.56 Å². The van der Waals surface area contributed by atoms with Crippen LogP contribution < -0.4 is 5.32 Å². The molecule has 1 heteroatoms. The first-order valence-electron chi connectivity index (χ1n) is 5.51. The van der Waals surface area contributed by atoms with Crippen LogP contribution in [-0.2, 0) is 6.54 Å². The van der Waals surface area contributed by atoms with Gasteiger partial charge in [0, 0.05) is 12.0 Å². The lowest BCUT2D eigenvalue weighted by Crippen LogP contribution is -2.93. The number of fused-ring (bicyclic) bond motifs is 1. The highest BCUT2D eigenvalue weighted by Gasteiger charge is 2.29. The summed E-state index contributed by atoms with van der Waals surface area (Å²) >= 11 is 0. The minimum Gasteiger partial charge on any atom is -0.338 e. The lowest BCUT2D eigenvalue weighted by atomic mass is 9.88. The zero-order valence-electron chi connectivity index (χ0n) is 9.38. The minimum absolute atomic E-state index is 0.387. The van der Waals surface area contributed by atoms with Crippen molar-refractivity contribution in [3.05, 3.63) is 35.4 Å². The molecular weight excluding hydrogens is 170 g/mol. The standard InChI is InChI=1S/C13H19N/c1-10-8-13(2,3)14-9-11-6-4-5-7-12(10)11/h4-7,10,14H,8-9H2,1-3H3/p+1/t10-/m1/s1. The van der Waals surface area contributed by atoms with Crippen molar-refractivity contribution in [2.24, 2.45) is 0 Å². The van der Waals surface area contributed by atoms with E-state index < -0.39 is 0 Å². The second-order valence-corrected chi connectivity index (χ2v) is 5.20. The Balaban J connectivity index is 2.36. The molecule has 1 nitrogen and oxygen atoms in total. The third kappa shape index (κ3) is 1.83. The zero-order valence-corrected chi connectivity index (χ0v) is 9.38. The molecule has 1 aliphatic heterocycles. The molecule has 14 heavy (non-hydrogen) atoms. The normalized spacial score (nSPS) is 25.2. The smallest absolute Gasteiger partial charge is 0.102 e. The van der Waals surface area contributed by atoms with Crippen LogP contribution in [0.4, 0.5) is 0 Å². The Kier molecular flexibility index (Phi) is 2.36. The highest BCUT2D eigenvalue weighted by Crippen LogP contribution is 2.28. The maximum absolute atomic E-state index is 2.47. The van der Waals surface area contributed by atoms with Crippen LogP contribution in [0.2, 0.25) is 0 Å². The third-order valence-corrected chi connectivity index (χ3v) is 3.29. The van der Waals surface area contributed by atoms with Crippen molar-refractivity contribution in [1.82, 2.24) is 0 Å². The highest BCUT2D eigenvalue weighted by molar-refractivity contribution is 5.30. The van der Waals surface area contributed by atoms with Crippen molar-refractivity contribution < 1.29 is 5.32 Å². The van der Waals surface area contributed by atoms with Crippen molar-refractivity contribution >= 4 is 0 Å². The molecule has 0 fully saturated rings. The topological polar surface area (TPSA) is 16.6 Å². The predicted octanol–water partition coefficient (Wildman–Crippen LogP) is 2.04. The van der Waals surface area contributed by atoms with E-state index in [2.05, 4.69) is 50.4 Å². The Hall–Kier alpha value is -0.820. The fourth-order valence-electron chi connectivity index (χ4n) is 2.57. The monoisotopic (exact) mass is 190 g/mol. The summed E-state index contributed by atoms with van der Waals surface area (Å²) in [6.45, 7) is 8.16. The number of hydrogen-bond acceptors (Lipinski definition) is 0. The van der Waals surface area contributed by atoms with E-state index in [4.69, 9.17) is 0 Å². The van der Waals surface area contributed by atoms with Crippen LogP contribution in [0.15, 0.2) is 24.3 Å². The van der Waals surface area contributed by atoms with Crippen LogP contribution in [0.25, 0.3) is 0 Å². The van der Waals surface area contributed by atoms with Crippen LogP contribution in [-0.4, -0.2) is 5.54 Å². The second kappa shape index (κ2) is 3.39. The van der Waals surface area contributed by atoms with Gasteiger partial charge in [-0.25, -0.2) is 0 Å². The fourth-order valence-corrected chi connectivity index (χ4v) is 2.57. The van der Waals surface area contributed by atoms with Gasteiger partial charge in [-0.1, -0.05) is 31.2 Å². The van der Waals surface area contributed by atoms with Crippen molar-refractivity contribution in [1.29, 1.82) is 0 Å². The van der Waals surface area contributed by atoms with Gasteiger partial charge in [0.2, 0.25) is 0 Å². The maximum Gasteiger partial charge on any atom is 0.102 e. The number of nitrogens with two attached hydrogens (primary N) is 1. The minimum atomic E-state index is 0.387. The first-order valence-corrected chi connectivity index (χ1v) is 5.51. The van der Waals surface area contributed by atoms with E-state index in [0.29, 0.717) is 11.5 Å². The lowest BCUT2D eigenvalue weighted by molar-refractivity contribution is -0.735. The lowest BCUT2D eigenvalue weighted by Gasteiger charge is -2.22. The number of rotatable bonds is 0. The van der Waals surface area contributed by atoms with Gasteiger partial charge in [0.05, 0.1) is 5.54 Å². The number of hydrogen-bond donors (Lipinski definition) is 1. The van der Waals surface area contributed by atoms with E-state index in [1.807, 2.05) is 0 Å². The van der Waals surface area contributed by atoms with Crippen molar-refractivity contribution in [2.45, 2.75) is 45.2 Å². The van der Waals surface area contributed by atoms with E-state index in [9.17, 15) is 0 Å². The van der Waals surface area contributed by atoms with E-state index in [0.717, 1.165) is 6.54 Å². The molecule has 1 atom stereocenters. The average Bonchev–Trinajstić information content (AvgIpc) is 2.24. The molecule has 1 aliphatic rings. The van der Waals surface area contributed by atoms with Gasteiger partial charge < -0.3 is 5.32 Å². The Morgan fingerprint density at radius 3 is 2.79 bits per heavy atom. The van der Waals surface area contributed by atoms with E-state index in [-0.39, 0.29) is 0 Å². The average molecular weight is 190 g/mol. The summed E-state index contributed by atoms with van der Waals surface area (Å²) in [5.41, 5.74) is 3.46. The van der Waals surface area contributed by atoms with Gasteiger partial charge in [0.1, 0.15) is 6.54 Å². The van der Waals surface area contributed by atoms with E-state index >= 15 is 0 Å². The summed E-state index contributed by atoms with van der Waals surface area (Å²) in [5, 5.41) is 2.47. The summed E-state index contributed by atoms with van der Waals surface area (Å²) in [5.74, 6) is 0.694. The molecule has 1 aromatic rings. The van der Waals surface area contributed by atoms with Gasteiger partial charge in [-0.3, -0.25) is 0 Å². The molecule has 0 saturated heterocycles. The van der Waals surface area contributed by atoms with Gasteiger partial charge >= 0.3 is 0 Å². The van der Waals surface area contributed by atoms with Crippen LogP contribution in [0.1, 0.15) is 44.2 Å². The van der Waals surface area contributed by atoms with Crippen LogP contribution in [0.5, 0.6) is 0 Å². The summed E-state index contributed by atoms with van der Waals surface area (Å²) < 4.78 is 0. The van der Waals surface area contributed by atoms with Gasteiger partial charge in [0.25, 0.3) is 0 Å². The van der Waals surface area contributed by atoms with Crippen LogP contribution in [0, 0.1) is 0 Å². The Labute approximate surface area is 86.5 Å². The van der Waals surface area contributed by atoms with Gasteiger partial charge in [-0.15, -0.1) is 0 Å². The van der Waals surface area contributed by atoms with Crippen molar-refractivity contribution in [3.63, 3.8) is 0 Å². The van der Waals surface area contributed by atoms with Crippen molar-refractivity contribution in [2.75, 3.05) is 0 Å². The molecule has 1 heterocycles. The van der Waals surface area contributed by atoms with Gasteiger partial charge in [-0.05, 0) is 25.3 Å². The summed E-state index contributed by atoms with van der Waals surface area (Å²) in [4.78, 5) is 0. The molecule has 2 rings (SSSR count). The molecule has 0 spiro atoms. The highest BCUT2D eigenvalue weighted by atomic mass is 15.0. The van der Waals surface area contributed by atoms with Crippen molar-refractivity contribution in [3.8, 4) is 0 Å². The molecule has 0 amide bonds. The number of benzene rings is 1. The Bertz CT molecular complexity index is 328. The predicted molar refractivity (Wildman–Crippen MR) is 59.2 cm³/mol. The Morgan fingerprint density at radius 2 is 2.00 bits per heavy atom. The molecule has 0 aliphatic carbocycles. The van der Waals surface area contributed by atoms with Crippen LogP contribution in [0.3, 0.4) is 0 Å². The maximum atomic E-state index is 2.47. The second-order valence-electron chi connectivity index (χ2n) is 5.20. The van der Waals surface area contributed by atoms with Crippen LogP contribution >= 0.6 is 0 Å². The first-order chi connectivity index (χ1) is 6.58. The molecular formula is C13H20N+. The molecule has 0 saturated carbocycles. The van der Waals surface area contributed by atoms with Gasteiger partial charge in [0.15, 0.2) is 0 Å². The molecule has 2 N–H and O–H groups in total. The zero-order chi connectivity index (χ0) is 10.2. The summed E-state index contributed by atoms with van der Waals surface area (Å²) in [7, 11) is 0. The molecule has 76 valence electrons.